The third-order valence-corrected chi connectivity index (χ3v) is 8.52. The highest BCUT2D eigenvalue weighted by molar-refractivity contribution is 9.09. The molecule has 4 heteroatoms. The van der Waals surface area contributed by atoms with Crippen LogP contribution in [0.5, 0.6) is 0 Å². The standard InChI is InChI=1S/C9H23BrOSi2/c1-12(2,3)11-13(4,5)9-7-6-8-10/h6-9H2,1-5H3. The van der Waals surface area contributed by atoms with E-state index < -0.39 is 16.6 Å². The zero-order chi connectivity index (χ0) is 10.5. The van der Waals surface area contributed by atoms with Crippen LogP contribution in [-0.2, 0) is 4.12 Å². The molecule has 80 valence electrons. The molecule has 0 radical (unpaired) electrons. The van der Waals surface area contributed by atoms with Crippen molar-refractivity contribution in [3.63, 3.8) is 0 Å². The normalized spacial score (nSPS) is 13.4. The summed E-state index contributed by atoms with van der Waals surface area (Å²) < 4.78 is 6.23. The Bertz CT molecular complexity index is 143. The van der Waals surface area contributed by atoms with Crippen molar-refractivity contribution in [1.29, 1.82) is 0 Å². The molecular weight excluding hydrogens is 260 g/mol. The van der Waals surface area contributed by atoms with Gasteiger partial charge in [-0.25, -0.2) is 0 Å². The first-order chi connectivity index (χ1) is 5.77. The van der Waals surface area contributed by atoms with Crippen molar-refractivity contribution in [1.82, 2.24) is 0 Å². The average molecular weight is 283 g/mol. The van der Waals surface area contributed by atoms with Crippen molar-refractivity contribution < 1.29 is 4.12 Å². The molecule has 0 unspecified atom stereocenters. The smallest absolute Gasteiger partial charge is 0.173 e. The first kappa shape index (κ1) is 13.9. The van der Waals surface area contributed by atoms with Gasteiger partial charge in [-0.15, -0.1) is 0 Å². The van der Waals surface area contributed by atoms with Crippen molar-refractivity contribution in [2.24, 2.45) is 0 Å². The van der Waals surface area contributed by atoms with E-state index in [-0.39, 0.29) is 0 Å². The van der Waals surface area contributed by atoms with Gasteiger partial charge in [-0.05, 0) is 45.2 Å². The predicted octanol–water partition coefficient (Wildman–Crippen LogP) is 4.22. The van der Waals surface area contributed by atoms with E-state index in [1.54, 1.807) is 0 Å². The Morgan fingerprint density at radius 1 is 1.00 bits per heavy atom. The Morgan fingerprint density at radius 2 is 1.54 bits per heavy atom. The van der Waals surface area contributed by atoms with E-state index in [4.69, 9.17) is 4.12 Å². The van der Waals surface area contributed by atoms with Gasteiger partial charge in [0.1, 0.15) is 0 Å². The Kier molecular flexibility index (Phi) is 6.06. The van der Waals surface area contributed by atoms with Crippen LogP contribution in [0.25, 0.3) is 0 Å². The fraction of sp³-hybridized carbons (Fsp3) is 1.00. The van der Waals surface area contributed by atoms with E-state index in [9.17, 15) is 0 Å². The molecule has 0 aromatic rings. The molecule has 0 fully saturated rings. The molecular formula is C9H23BrOSi2. The van der Waals surface area contributed by atoms with Gasteiger partial charge in [-0.3, -0.25) is 0 Å². The first-order valence-electron chi connectivity index (χ1n) is 5.03. The molecule has 0 saturated heterocycles. The van der Waals surface area contributed by atoms with Crippen LogP contribution in [0, 0.1) is 0 Å². The van der Waals surface area contributed by atoms with E-state index in [1.165, 1.54) is 18.9 Å². The van der Waals surface area contributed by atoms with Crippen LogP contribution in [0.1, 0.15) is 12.8 Å². The van der Waals surface area contributed by atoms with Gasteiger partial charge in [0.25, 0.3) is 0 Å². The Balaban J connectivity index is 3.80. The number of halogens is 1. The first-order valence-corrected chi connectivity index (χ1v) is 12.7. The minimum Gasteiger partial charge on any atom is -0.456 e. The summed E-state index contributed by atoms with van der Waals surface area (Å²) in [5, 5.41) is 1.13. The van der Waals surface area contributed by atoms with Gasteiger partial charge in [0, 0.05) is 5.33 Å². The molecule has 0 N–H and O–H groups in total. The summed E-state index contributed by atoms with van der Waals surface area (Å²) in [5.74, 6) is 0. The Hall–Kier alpha value is 0.874. The molecule has 0 rings (SSSR count). The maximum atomic E-state index is 6.23. The van der Waals surface area contributed by atoms with Crippen molar-refractivity contribution >= 4 is 32.6 Å². The second-order valence-corrected chi connectivity index (χ2v) is 15.0. The minimum atomic E-state index is -1.34. The second-order valence-electron chi connectivity index (χ2n) is 5.12. The summed E-state index contributed by atoms with van der Waals surface area (Å²) in [4.78, 5) is 0. The van der Waals surface area contributed by atoms with Crippen LogP contribution in [0.4, 0.5) is 0 Å². The number of hydrogen-bond acceptors (Lipinski definition) is 1. The van der Waals surface area contributed by atoms with Gasteiger partial charge in [-0.2, -0.15) is 0 Å². The van der Waals surface area contributed by atoms with Gasteiger partial charge >= 0.3 is 0 Å². The van der Waals surface area contributed by atoms with Gasteiger partial charge in [-0.1, -0.05) is 22.4 Å². The molecule has 0 aliphatic heterocycles. The third kappa shape index (κ3) is 9.18. The van der Waals surface area contributed by atoms with Gasteiger partial charge < -0.3 is 4.12 Å². The molecule has 0 aromatic carbocycles. The molecule has 0 bridgehead atoms. The van der Waals surface area contributed by atoms with Gasteiger partial charge in [0.2, 0.25) is 0 Å². The summed E-state index contributed by atoms with van der Waals surface area (Å²) >= 11 is 3.46. The molecule has 0 aromatic heterocycles. The lowest BCUT2D eigenvalue weighted by molar-refractivity contribution is 0.543. The monoisotopic (exact) mass is 282 g/mol. The van der Waals surface area contributed by atoms with Crippen molar-refractivity contribution in [3.05, 3.63) is 0 Å². The van der Waals surface area contributed by atoms with Crippen LogP contribution in [0.3, 0.4) is 0 Å². The zero-order valence-corrected chi connectivity index (χ0v) is 13.2. The molecule has 0 saturated carbocycles. The SMILES string of the molecule is C[Si](C)(C)O[Si](C)(C)CCCCBr. The molecule has 0 aliphatic carbocycles. The van der Waals surface area contributed by atoms with E-state index in [0.29, 0.717) is 0 Å². The fourth-order valence-electron chi connectivity index (χ4n) is 1.53. The lowest BCUT2D eigenvalue weighted by Gasteiger charge is -2.31. The van der Waals surface area contributed by atoms with E-state index in [1.807, 2.05) is 0 Å². The average Bonchev–Trinajstić information content (AvgIpc) is 1.81. The summed E-state index contributed by atoms with van der Waals surface area (Å²) in [6.07, 6.45) is 2.60. The maximum absolute atomic E-state index is 6.23. The van der Waals surface area contributed by atoms with Crippen LogP contribution < -0.4 is 0 Å². The lowest BCUT2D eigenvalue weighted by Crippen LogP contribution is -2.42. The number of unbranched alkanes of at least 4 members (excludes halogenated alkanes) is 1. The van der Waals surface area contributed by atoms with E-state index in [2.05, 4.69) is 48.7 Å². The Morgan fingerprint density at radius 3 is 1.92 bits per heavy atom. The molecule has 0 amide bonds. The quantitative estimate of drug-likeness (QED) is 0.403. The molecule has 13 heavy (non-hydrogen) atoms. The van der Waals surface area contributed by atoms with E-state index >= 15 is 0 Å². The topological polar surface area (TPSA) is 9.23 Å². The van der Waals surface area contributed by atoms with Gasteiger partial charge in [0.15, 0.2) is 16.6 Å². The number of alkyl halides is 1. The maximum Gasteiger partial charge on any atom is 0.173 e. The molecule has 0 heterocycles. The molecule has 1 nitrogen and oxygen atoms in total. The van der Waals surface area contributed by atoms with Crippen molar-refractivity contribution in [2.45, 2.75) is 51.6 Å². The summed E-state index contributed by atoms with van der Waals surface area (Å²) in [6, 6.07) is 1.31. The second kappa shape index (κ2) is 5.68. The highest BCUT2D eigenvalue weighted by Crippen LogP contribution is 2.20. The Labute approximate surface area is 93.6 Å². The largest absolute Gasteiger partial charge is 0.456 e. The molecule has 0 atom stereocenters. The fourth-order valence-corrected chi connectivity index (χ4v) is 10.1. The van der Waals surface area contributed by atoms with Crippen molar-refractivity contribution in [2.75, 3.05) is 5.33 Å². The third-order valence-electron chi connectivity index (χ3n) is 1.74. The highest BCUT2D eigenvalue weighted by atomic mass is 79.9. The van der Waals surface area contributed by atoms with Crippen LogP contribution in [0.2, 0.25) is 38.8 Å². The molecule has 0 aliphatic rings. The minimum absolute atomic E-state index is 1.13. The number of rotatable bonds is 6. The van der Waals surface area contributed by atoms with Crippen molar-refractivity contribution in [3.8, 4) is 0 Å². The summed E-state index contributed by atoms with van der Waals surface area (Å²) in [7, 11) is -2.64. The van der Waals surface area contributed by atoms with Crippen LogP contribution in [-0.4, -0.2) is 22.0 Å². The lowest BCUT2D eigenvalue weighted by atomic mass is 10.4. The van der Waals surface area contributed by atoms with Crippen LogP contribution in [0.15, 0.2) is 0 Å². The summed E-state index contributed by atoms with van der Waals surface area (Å²) in [5.41, 5.74) is 0. The zero-order valence-electron chi connectivity index (χ0n) is 9.61. The van der Waals surface area contributed by atoms with Crippen LogP contribution >= 0.6 is 15.9 Å². The highest BCUT2D eigenvalue weighted by Gasteiger charge is 2.28. The number of hydrogen-bond donors (Lipinski definition) is 0. The van der Waals surface area contributed by atoms with E-state index in [0.717, 1.165) is 5.33 Å². The predicted molar refractivity (Wildman–Crippen MR) is 69.7 cm³/mol. The van der Waals surface area contributed by atoms with Gasteiger partial charge in [0.05, 0.1) is 0 Å². The summed E-state index contributed by atoms with van der Waals surface area (Å²) in [6.45, 7) is 11.5. The molecule has 0 spiro atoms.